The van der Waals surface area contributed by atoms with E-state index in [0.717, 1.165) is 6.21 Å². The predicted octanol–water partition coefficient (Wildman–Crippen LogP) is 2.61. The highest BCUT2D eigenvalue weighted by Crippen LogP contribution is 2.46. The molecule has 132 valence electrons. The molecule has 3 N–H and O–H groups in total. The third kappa shape index (κ3) is 2.93. The zero-order valence-electron chi connectivity index (χ0n) is 14.2. The highest BCUT2D eigenvalue weighted by atomic mass is 16.5. The highest BCUT2D eigenvalue weighted by Gasteiger charge is 2.28. The third-order valence-electron chi connectivity index (χ3n) is 3.71. The van der Waals surface area contributed by atoms with E-state index >= 15 is 0 Å². The molecule has 0 spiro atoms. The Balaban J connectivity index is 2.93. The molecule has 25 heavy (non-hydrogen) atoms. The van der Waals surface area contributed by atoms with Crippen molar-refractivity contribution in [2.24, 2.45) is 0 Å². The summed E-state index contributed by atoms with van der Waals surface area (Å²) in [5.41, 5.74) is 0.535. The molecule has 0 amide bonds. The Bertz CT molecular complexity index is 853. The van der Waals surface area contributed by atoms with E-state index in [9.17, 15) is 14.7 Å². The molecule has 2 rings (SSSR count). The first-order valence-electron chi connectivity index (χ1n) is 7.21. The van der Waals surface area contributed by atoms with Crippen molar-refractivity contribution in [3.05, 3.63) is 29.1 Å². The molecule has 1 heterocycles. The molecule has 0 aliphatic rings. The summed E-state index contributed by atoms with van der Waals surface area (Å²) >= 11 is 0. The maximum absolute atomic E-state index is 12.1. The number of carboxylic acids is 1. The fraction of sp³-hybridized carbons (Fsp3) is 0.235. The average molecular weight is 346 g/mol. The standard InChI is InChI=1S/C17H18N2O6/c1-8(20)12-13(10(7-18)19-14(12)17(21)22)9-5-6-11(23-2)16(25-4)15(9)24-3/h5-7,18-19H,1-4H3,(H,21,22). The van der Waals surface area contributed by atoms with Gasteiger partial charge in [-0.2, -0.15) is 0 Å². The van der Waals surface area contributed by atoms with Crippen LogP contribution in [0.25, 0.3) is 11.1 Å². The van der Waals surface area contributed by atoms with Crippen molar-refractivity contribution in [2.45, 2.75) is 6.92 Å². The van der Waals surface area contributed by atoms with E-state index in [1.807, 2.05) is 0 Å². The zero-order chi connectivity index (χ0) is 18.7. The molecule has 0 fully saturated rings. The Morgan fingerprint density at radius 2 is 1.76 bits per heavy atom. The number of carboxylic acid groups (broad SMARTS) is 1. The number of aromatic carboxylic acids is 1. The van der Waals surface area contributed by atoms with Crippen molar-refractivity contribution >= 4 is 18.0 Å². The van der Waals surface area contributed by atoms with Gasteiger partial charge in [0.05, 0.1) is 32.6 Å². The van der Waals surface area contributed by atoms with Gasteiger partial charge in [-0.25, -0.2) is 4.79 Å². The molecule has 0 aliphatic carbocycles. The predicted molar refractivity (Wildman–Crippen MR) is 90.7 cm³/mol. The van der Waals surface area contributed by atoms with E-state index in [4.69, 9.17) is 19.6 Å². The Hall–Kier alpha value is -3.29. The lowest BCUT2D eigenvalue weighted by atomic mass is 9.96. The van der Waals surface area contributed by atoms with Gasteiger partial charge < -0.3 is 29.7 Å². The molecule has 0 saturated heterocycles. The molecule has 2 aromatic rings. The van der Waals surface area contributed by atoms with E-state index < -0.39 is 11.8 Å². The number of ketones is 1. The first-order valence-corrected chi connectivity index (χ1v) is 7.21. The Morgan fingerprint density at radius 1 is 1.12 bits per heavy atom. The number of aromatic nitrogens is 1. The molecule has 8 heteroatoms. The monoisotopic (exact) mass is 346 g/mol. The van der Waals surface area contributed by atoms with Crippen molar-refractivity contribution in [3.8, 4) is 28.4 Å². The number of aromatic amines is 1. The number of carbonyl (C=O) groups is 2. The van der Waals surface area contributed by atoms with Gasteiger partial charge in [-0.1, -0.05) is 0 Å². The summed E-state index contributed by atoms with van der Waals surface area (Å²) in [7, 11) is 4.33. The second-order valence-corrected chi connectivity index (χ2v) is 5.05. The minimum atomic E-state index is -1.29. The highest BCUT2D eigenvalue weighted by molar-refractivity contribution is 6.12. The second-order valence-electron chi connectivity index (χ2n) is 5.05. The molecule has 0 atom stereocenters. The Kier molecular flexibility index (Phi) is 5.11. The Labute approximate surface area is 143 Å². The van der Waals surface area contributed by atoms with Crippen LogP contribution >= 0.6 is 0 Å². The lowest BCUT2D eigenvalue weighted by molar-refractivity contribution is 0.0686. The van der Waals surface area contributed by atoms with Crippen LogP contribution in [0, 0.1) is 5.41 Å². The van der Waals surface area contributed by atoms with Crippen LogP contribution in [0.4, 0.5) is 0 Å². The zero-order valence-corrected chi connectivity index (χ0v) is 14.2. The Morgan fingerprint density at radius 3 is 2.20 bits per heavy atom. The van der Waals surface area contributed by atoms with E-state index in [0.29, 0.717) is 17.1 Å². The number of Topliss-reactive ketones (excluding diaryl/α,β-unsaturated/α-hetero) is 1. The minimum Gasteiger partial charge on any atom is -0.493 e. The minimum absolute atomic E-state index is 0.0310. The van der Waals surface area contributed by atoms with E-state index in [2.05, 4.69) is 4.98 Å². The number of nitrogens with one attached hydrogen (secondary N) is 2. The fourth-order valence-electron chi connectivity index (χ4n) is 2.72. The van der Waals surface area contributed by atoms with Gasteiger partial charge in [0.15, 0.2) is 17.3 Å². The lowest BCUT2D eigenvalue weighted by Crippen LogP contribution is -2.05. The lowest BCUT2D eigenvalue weighted by Gasteiger charge is -2.16. The van der Waals surface area contributed by atoms with Crippen molar-refractivity contribution in [3.63, 3.8) is 0 Å². The maximum atomic E-state index is 12.1. The van der Waals surface area contributed by atoms with Crippen LogP contribution in [0.3, 0.4) is 0 Å². The number of methoxy groups -OCH3 is 3. The van der Waals surface area contributed by atoms with Crippen LogP contribution in [-0.2, 0) is 0 Å². The van der Waals surface area contributed by atoms with Crippen molar-refractivity contribution in [1.82, 2.24) is 4.98 Å². The number of ether oxygens (including phenoxy) is 3. The normalized spacial score (nSPS) is 10.2. The van der Waals surface area contributed by atoms with Crippen molar-refractivity contribution in [1.29, 1.82) is 5.41 Å². The topological polar surface area (TPSA) is 122 Å². The number of carbonyl (C=O) groups excluding carboxylic acids is 1. The summed E-state index contributed by atoms with van der Waals surface area (Å²) in [4.78, 5) is 26.2. The van der Waals surface area contributed by atoms with Gasteiger partial charge >= 0.3 is 5.97 Å². The van der Waals surface area contributed by atoms with Gasteiger partial charge in [0, 0.05) is 17.3 Å². The van der Waals surface area contributed by atoms with E-state index in [1.54, 1.807) is 12.1 Å². The average Bonchev–Trinajstić information content (AvgIpc) is 3.00. The van der Waals surface area contributed by atoms with Crippen LogP contribution < -0.4 is 14.2 Å². The fourth-order valence-corrected chi connectivity index (χ4v) is 2.72. The van der Waals surface area contributed by atoms with Gasteiger partial charge in [-0.15, -0.1) is 0 Å². The molecule has 0 saturated carbocycles. The summed E-state index contributed by atoms with van der Waals surface area (Å²) in [6.07, 6.45) is 0.949. The maximum Gasteiger partial charge on any atom is 0.353 e. The van der Waals surface area contributed by atoms with Gasteiger partial charge in [0.1, 0.15) is 5.69 Å². The van der Waals surface area contributed by atoms with Gasteiger partial charge in [-0.05, 0) is 19.1 Å². The molecule has 0 radical (unpaired) electrons. The molecule has 0 unspecified atom stereocenters. The number of hydrogen-bond donors (Lipinski definition) is 3. The van der Waals surface area contributed by atoms with Gasteiger partial charge in [0.2, 0.25) is 5.75 Å². The summed E-state index contributed by atoms with van der Waals surface area (Å²) in [6.45, 7) is 1.26. The number of rotatable bonds is 7. The summed E-state index contributed by atoms with van der Waals surface area (Å²) in [5, 5.41) is 16.9. The van der Waals surface area contributed by atoms with E-state index in [1.165, 1.54) is 28.3 Å². The number of benzene rings is 1. The second kappa shape index (κ2) is 7.08. The van der Waals surface area contributed by atoms with Gasteiger partial charge in [-0.3, -0.25) is 4.79 Å². The third-order valence-corrected chi connectivity index (χ3v) is 3.71. The first kappa shape index (κ1) is 18.1. The molecule has 8 nitrogen and oxygen atoms in total. The summed E-state index contributed by atoms with van der Waals surface area (Å²) in [5.74, 6) is -0.764. The first-order chi connectivity index (χ1) is 11.9. The smallest absolute Gasteiger partial charge is 0.353 e. The molecular formula is C17H18N2O6. The largest absolute Gasteiger partial charge is 0.493 e. The van der Waals surface area contributed by atoms with Crippen LogP contribution in [0.2, 0.25) is 0 Å². The molecule has 0 bridgehead atoms. The van der Waals surface area contributed by atoms with Crippen molar-refractivity contribution in [2.75, 3.05) is 21.3 Å². The summed E-state index contributed by atoms with van der Waals surface area (Å²) < 4.78 is 16.0. The SMILES string of the molecule is COc1ccc(-c2c(C=N)[nH]c(C(=O)O)c2C(C)=O)c(OC)c1OC. The van der Waals surface area contributed by atoms with Crippen LogP contribution in [0.1, 0.15) is 33.5 Å². The molecular weight excluding hydrogens is 328 g/mol. The van der Waals surface area contributed by atoms with Crippen LogP contribution in [0.15, 0.2) is 12.1 Å². The van der Waals surface area contributed by atoms with Gasteiger partial charge in [0.25, 0.3) is 0 Å². The number of hydrogen-bond acceptors (Lipinski definition) is 6. The number of H-pyrrole nitrogens is 1. The quantitative estimate of drug-likeness (QED) is 0.523. The van der Waals surface area contributed by atoms with E-state index in [-0.39, 0.29) is 28.3 Å². The molecule has 0 aliphatic heterocycles. The van der Waals surface area contributed by atoms with Crippen LogP contribution in [0.5, 0.6) is 17.2 Å². The molecule has 1 aromatic carbocycles. The molecule has 1 aromatic heterocycles. The van der Waals surface area contributed by atoms with Crippen molar-refractivity contribution < 1.29 is 28.9 Å². The van der Waals surface area contributed by atoms with Crippen LogP contribution in [-0.4, -0.2) is 49.4 Å². The summed E-state index contributed by atoms with van der Waals surface area (Å²) in [6, 6.07) is 3.23.